The SMILES string of the molecule is O=C(Nc1ccc(CCO)cc1)[C@H]1CCCO1. The van der Waals surface area contributed by atoms with Gasteiger partial charge in [0.2, 0.25) is 0 Å². The van der Waals surface area contributed by atoms with Gasteiger partial charge in [0, 0.05) is 18.9 Å². The molecule has 1 saturated heterocycles. The summed E-state index contributed by atoms with van der Waals surface area (Å²) in [6.07, 6.45) is 2.09. The molecule has 1 aliphatic heterocycles. The number of aliphatic hydroxyl groups is 1. The quantitative estimate of drug-likeness (QED) is 0.828. The molecule has 17 heavy (non-hydrogen) atoms. The Kier molecular flexibility index (Phi) is 4.12. The number of anilines is 1. The molecule has 1 heterocycles. The highest BCUT2D eigenvalue weighted by atomic mass is 16.5. The van der Waals surface area contributed by atoms with Crippen LogP contribution < -0.4 is 5.32 Å². The minimum absolute atomic E-state index is 0.0718. The van der Waals surface area contributed by atoms with E-state index in [-0.39, 0.29) is 18.6 Å². The van der Waals surface area contributed by atoms with Gasteiger partial charge < -0.3 is 15.2 Å². The van der Waals surface area contributed by atoms with E-state index < -0.39 is 0 Å². The number of benzene rings is 1. The van der Waals surface area contributed by atoms with Crippen LogP contribution in [-0.4, -0.2) is 30.3 Å². The van der Waals surface area contributed by atoms with Gasteiger partial charge in [-0.15, -0.1) is 0 Å². The Bertz CT molecular complexity index is 369. The van der Waals surface area contributed by atoms with Crippen LogP contribution in [-0.2, 0) is 16.0 Å². The predicted molar refractivity (Wildman–Crippen MR) is 64.8 cm³/mol. The van der Waals surface area contributed by atoms with E-state index in [2.05, 4.69) is 5.32 Å². The second kappa shape index (κ2) is 5.80. The maximum Gasteiger partial charge on any atom is 0.253 e. The van der Waals surface area contributed by atoms with Crippen LogP contribution in [0.25, 0.3) is 0 Å². The van der Waals surface area contributed by atoms with Crippen LogP contribution in [0.1, 0.15) is 18.4 Å². The monoisotopic (exact) mass is 235 g/mol. The summed E-state index contributed by atoms with van der Waals surface area (Å²) in [7, 11) is 0. The molecule has 92 valence electrons. The maximum absolute atomic E-state index is 11.7. The zero-order valence-corrected chi connectivity index (χ0v) is 9.69. The van der Waals surface area contributed by atoms with Crippen LogP contribution in [0.5, 0.6) is 0 Å². The fourth-order valence-electron chi connectivity index (χ4n) is 1.89. The van der Waals surface area contributed by atoms with Gasteiger partial charge in [-0.3, -0.25) is 4.79 Å². The van der Waals surface area contributed by atoms with Crippen molar-refractivity contribution in [2.75, 3.05) is 18.5 Å². The van der Waals surface area contributed by atoms with Crippen molar-refractivity contribution in [2.45, 2.75) is 25.4 Å². The Hall–Kier alpha value is -1.39. The zero-order chi connectivity index (χ0) is 12.1. The fourth-order valence-corrected chi connectivity index (χ4v) is 1.89. The van der Waals surface area contributed by atoms with Gasteiger partial charge in [0.1, 0.15) is 6.10 Å². The average Bonchev–Trinajstić information content (AvgIpc) is 2.86. The van der Waals surface area contributed by atoms with Crippen LogP contribution in [0, 0.1) is 0 Å². The molecule has 1 amide bonds. The van der Waals surface area contributed by atoms with Crippen LogP contribution in [0.3, 0.4) is 0 Å². The molecule has 1 aromatic rings. The minimum atomic E-state index is -0.299. The van der Waals surface area contributed by atoms with Gasteiger partial charge in [-0.2, -0.15) is 0 Å². The molecule has 4 heteroatoms. The molecule has 2 rings (SSSR count). The van der Waals surface area contributed by atoms with Crippen molar-refractivity contribution in [1.82, 2.24) is 0 Å². The van der Waals surface area contributed by atoms with Crippen LogP contribution in [0.15, 0.2) is 24.3 Å². The number of amides is 1. The number of nitrogens with one attached hydrogen (secondary N) is 1. The molecule has 1 fully saturated rings. The van der Waals surface area contributed by atoms with E-state index in [9.17, 15) is 4.79 Å². The molecule has 1 aromatic carbocycles. The molecule has 2 N–H and O–H groups in total. The number of hydrogen-bond acceptors (Lipinski definition) is 3. The molecule has 0 unspecified atom stereocenters. The van der Waals surface area contributed by atoms with Gasteiger partial charge in [0.15, 0.2) is 0 Å². The van der Waals surface area contributed by atoms with Gasteiger partial charge in [-0.25, -0.2) is 0 Å². The van der Waals surface area contributed by atoms with E-state index in [1.165, 1.54) is 0 Å². The second-order valence-corrected chi connectivity index (χ2v) is 4.16. The average molecular weight is 235 g/mol. The standard InChI is InChI=1S/C13H17NO3/c15-8-7-10-3-5-11(6-4-10)14-13(16)12-2-1-9-17-12/h3-6,12,15H,1-2,7-9H2,(H,14,16)/t12-/m1/s1. The minimum Gasteiger partial charge on any atom is -0.396 e. The normalized spacial score (nSPS) is 19.2. The number of ether oxygens (including phenoxy) is 1. The molecule has 0 radical (unpaired) electrons. The maximum atomic E-state index is 11.7. The van der Waals surface area contributed by atoms with Crippen LogP contribution in [0.4, 0.5) is 5.69 Å². The summed E-state index contributed by atoms with van der Waals surface area (Å²) in [4.78, 5) is 11.7. The Balaban J connectivity index is 1.91. The highest BCUT2D eigenvalue weighted by Crippen LogP contribution is 2.15. The van der Waals surface area contributed by atoms with E-state index in [0.29, 0.717) is 13.0 Å². The van der Waals surface area contributed by atoms with Gasteiger partial charge in [0.25, 0.3) is 5.91 Å². The van der Waals surface area contributed by atoms with E-state index in [0.717, 1.165) is 24.1 Å². The fraction of sp³-hybridized carbons (Fsp3) is 0.462. The van der Waals surface area contributed by atoms with Crippen LogP contribution >= 0.6 is 0 Å². The summed E-state index contributed by atoms with van der Waals surface area (Å²) in [5.41, 5.74) is 1.83. The van der Waals surface area contributed by atoms with Crippen molar-refractivity contribution in [3.05, 3.63) is 29.8 Å². The molecule has 4 nitrogen and oxygen atoms in total. The van der Waals surface area contributed by atoms with Gasteiger partial charge in [-0.05, 0) is 37.0 Å². The summed E-state index contributed by atoms with van der Waals surface area (Å²) in [5.74, 6) is -0.0718. The van der Waals surface area contributed by atoms with E-state index in [1.807, 2.05) is 24.3 Å². The first kappa shape index (κ1) is 12.1. The molecule has 0 spiro atoms. The van der Waals surface area contributed by atoms with Crippen molar-refractivity contribution in [1.29, 1.82) is 0 Å². The number of rotatable bonds is 4. The number of carbonyl (C=O) groups excluding carboxylic acids is 1. The molecule has 0 aliphatic carbocycles. The summed E-state index contributed by atoms with van der Waals surface area (Å²) in [5, 5.41) is 11.6. The number of hydrogen-bond donors (Lipinski definition) is 2. The summed E-state index contributed by atoms with van der Waals surface area (Å²) >= 11 is 0. The van der Waals surface area contributed by atoms with Crippen molar-refractivity contribution >= 4 is 11.6 Å². The first-order chi connectivity index (χ1) is 8.29. The smallest absolute Gasteiger partial charge is 0.253 e. The Labute approximate surface area is 101 Å². The first-order valence-electron chi connectivity index (χ1n) is 5.92. The second-order valence-electron chi connectivity index (χ2n) is 4.16. The number of aliphatic hydroxyl groups excluding tert-OH is 1. The van der Waals surface area contributed by atoms with E-state index >= 15 is 0 Å². The van der Waals surface area contributed by atoms with Crippen molar-refractivity contribution in [3.8, 4) is 0 Å². The first-order valence-corrected chi connectivity index (χ1v) is 5.92. The summed E-state index contributed by atoms with van der Waals surface area (Å²) in [6, 6.07) is 7.50. The molecule has 0 saturated carbocycles. The lowest BCUT2D eigenvalue weighted by molar-refractivity contribution is -0.124. The van der Waals surface area contributed by atoms with E-state index in [4.69, 9.17) is 9.84 Å². The van der Waals surface area contributed by atoms with Crippen molar-refractivity contribution in [3.63, 3.8) is 0 Å². The van der Waals surface area contributed by atoms with Crippen molar-refractivity contribution in [2.24, 2.45) is 0 Å². The number of carbonyl (C=O) groups is 1. The lowest BCUT2D eigenvalue weighted by Crippen LogP contribution is -2.26. The predicted octanol–water partition coefficient (Wildman–Crippen LogP) is 1.34. The Morgan fingerprint density at radius 3 is 2.76 bits per heavy atom. The van der Waals surface area contributed by atoms with Gasteiger partial charge in [0.05, 0.1) is 0 Å². The molecular formula is C13H17NO3. The highest BCUT2D eigenvalue weighted by molar-refractivity contribution is 5.94. The third-order valence-corrected chi connectivity index (χ3v) is 2.84. The lowest BCUT2D eigenvalue weighted by atomic mass is 10.1. The van der Waals surface area contributed by atoms with E-state index in [1.54, 1.807) is 0 Å². The van der Waals surface area contributed by atoms with Crippen LogP contribution in [0.2, 0.25) is 0 Å². The zero-order valence-electron chi connectivity index (χ0n) is 9.69. The van der Waals surface area contributed by atoms with Gasteiger partial charge >= 0.3 is 0 Å². The molecule has 0 bridgehead atoms. The Morgan fingerprint density at radius 1 is 1.41 bits per heavy atom. The summed E-state index contributed by atoms with van der Waals surface area (Å²) in [6.45, 7) is 0.815. The summed E-state index contributed by atoms with van der Waals surface area (Å²) < 4.78 is 5.30. The van der Waals surface area contributed by atoms with Gasteiger partial charge in [-0.1, -0.05) is 12.1 Å². The molecule has 0 aromatic heterocycles. The van der Waals surface area contributed by atoms with Crippen molar-refractivity contribution < 1.29 is 14.6 Å². The highest BCUT2D eigenvalue weighted by Gasteiger charge is 2.23. The molecule has 1 aliphatic rings. The molecular weight excluding hydrogens is 218 g/mol. The lowest BCUT2D eigenvalue weighted by Gasteiger charge is -2.10. The largest absolute Gasteiger partial charge is 0.396 e. The topological polar surface area (TPSA) is 58.6 Å². The Morgan fingerprint density at radius 2 is 2.18 bits per heavy atom. The molecule has 1 atom stereocenters. The third kappa shape index (κ3) is 3.28. The third-order valence-electron chi connectivity index (χ3n) is 2.84.